The van der Waals surface area contributed by atoms with Gasteiger partial charge in [-0.3, -0.25) is 24.1 Å². The average molecular weight is 688 g/mol. The van der Waals surface area contributed by atoms with E-state index in [-0.39, 0.29) is 47.7 Å². The van der Waals surface area contributed by atoms with E-state index in [4.69, 9.17) is 0 Å². The van der Waals surface area contributed by atoms with Crippen molar-refractivity contribution >= 4 is 23.6 Å². The van der Waals surface area contributed by atoms with Crippen LogP contribution in [-0.2, 0) is 19.2 Å². The molecule has 0 bridgehead atoms. The zero-order valence-electron chi connectivity index (χ0n) is 33.0. The molecule has 2 aliphatic heterocycles. The number of hydrogen-bond acceptors (Lipinski definition) is 5. The standard InChI is InChI=1S/C40H73N5O4/c1-11-12-13-14-15-16-17-18-20-25-41-36(46)32-24-22-27-45(32)38(48)31(6)28-34(29(2)3)43(10)39(49)35(40(7,8)9)42-37(47)33-23-19-21-26-44(33)30(4)5/h28-30,32-35H,11-27H2,1-10H3,(H,41,46)(H,42,47)/t32-,33+,34?,35+/m0/s1. The number of carbonyl (C=O) groups excluding carboxylic acids is 4. The molecule has 2 N–H and O–H groups in total. The summed E-state index contributed by atoms with van der Waals surface area (Å²) in [5.74, 6) is -0.452. The molecule has 0 saturated carbocycles. The van der Waals surface area contributed by atoms with E-state index in [1.807, 2.05) is 40.7 Å². The molecule has 1 unspecified atom stereocenters. The lowest BCUT2D eigenvalue weighted by Gasteiger charge is -2.41. The number of nitrogens with zero attached hydrogens (tertiary/aromatic N) is 3. The van der Waals surface area contributed by atoms with Crippen molar-refractivity contribution in [2.24, 2.45) is 11.3 Å². The van der Waals surface area contributed by atoms with Crippen LogP contribution in [0.4, 0.5) is 0 Å². The molecule has 2 aliphatic rings. The summed E-state index contributed by atoms with van der Waals surface area (Å²) in [5.41, 5.74) is 0.0156. The first-order valence-electron chi connectivity index (χ1n) is 19.7. The maximum atomic E-state index is 14.2. The molecule has 4 amide bonds. The van der Waals surface area contributed by atoms with Gasteiger partial charge in [-0.25, -0.2) is 0 Å². The zero-order chi connectivity index (χ0) is 36.7. The van der Waals surface area contributed by atoms with Gasteiger partial charge < -0.3 is 20.4 Å². The van der Waals surface area contributed by atoms with Gasteiger partial charge in [0.2, 0.25) is 23.6 Å². The van der Waals surface area contributed by atoms with E-state index >= 15 is 0 Å². The van der Waals surface area contributed by atoms with Gasteiger partial charge in [0, 0.05) is 31.8 Å². The Morgan fingerprint density at radius 2 is 1.41 bits per heavy atom. The van der Waals surface area contributed by atoms with Crippen molar-refractivity contribution in [1.82, 2.24) is 25.3 Å². The van der Waals surface area contributed by atoms with E-state index < -0.39 is 17.5 Å². The molecule has 0 spiro atoms. The second-order valence-electron chi connectivity index (χ2n) is 16.5. The molecule has 2 rings (SSSR count). The molecule has 282 valence electrons. The maximum Gasteiger partial charge on any atom is 0.249 e. The Kier molecular flexibility index (Phi) is 18.4. The Bertz CT molecular complexity index is 1080. The SMILES string of the molecule is CCCCCCCCCCCNC(=O)[C@@H]1CCCN1C(=O)C(C)=CC(C(C)C)N(C)C(=O)[C@@H](NC(=O)[C@H]1CCCCN1C(C)C)C(C)(C)C. The number of unbranched alkanes of at least 4 members (excludes halogenated alkanes) is 8. The topological polar surface area (TPSA) is 102 Å². The largest absolute Gasteiger partial charge is 0.354 e. The molecule has 4 atom stereocenters. The Labute approximate surface area is 299 Å². The summed E-state index contributed by atoms with van der Waals surface area (Å²) >= 11 is 0. The molecular formula is C40H73N5O4. The van der Waals surface area contributed by atoms with Crippen LogP contribution in [0.15, 0.2) is 11.6 Å². The first-order chi connectivity index (χ1) is 23.1. The van der Waals surface area contributed by atoms with Gasteiger partial charge in [0.05, 0.1) is 12.1 Å². The normalized spacial score (nSPS) is 20.4. The lowest BCUT2D eigenvalue weighted by atomic mass is 9.84. The van der Waals surface area contributed by atoms with Crippen LogP contribution in [0, 0.1) is 11.3 Å². The first kappa shape index (κ1) is 42.7. The van der Waals surface area contributed by atoms with E-state index in [0.717, 1.165) is 45.1 Å². The van der Waals surface area contributed by atoms with Crippen LogP contribution in [0.2, 0.25) is 0 Å². The number of amides is 4. The second-order valence-corrected chi connectivity index (χ2v) is 16.5. The fourth-order valence-electron chi connectivity index (χ4n) is 7.44. The van der Waals surface area contributed by atoms with Crippen molar-refractivity contribution in [2.45, 2.75) is 182 Å². The Morgan fingerprint density at radius 3 is 1.98 bits per heavy atom. The lowest BCUT2D eigenvalue weighted by Crippen LogP contribution is -2.60. The number of likely N-dealkylation sites (N-methyl/N-ethyl adjacent to an activating group) is 1. The summed E-state index contributed by atoms with van der Waals surface area (Å²) < 4.78 is 0. The van der Waals surface area contributed by atoms with Gasteiger partial charge in [-0.15, -0.1) is 0 Å². The summed E-state index contributed by atoms with van der Waals surface area (Å²) in [6.07, 6.45) is 17.3. The highest BCUT2D eigenvalue weighted by Gasteiger charge is 2.40. The van der Waals surface area contributed by atoms with Crippen LogP contribution in [0.5, 0.6) is 0 Å². The van der Waals surface area contributed by atoms with Crippen LogP contribution in [0.3, 0.4) is 0 Å². The Hall–Kier alpha value is -2.42. The predicted molar refractivity (Wildman–Crippen MR) is 201 cm³/mol. The monoisotopic (exact) mass is 688 g/mol. The van der Waals surface area contributed by atoms with Crippen LogP contribution < -0.4 is 10.6 Å². The number of likely N-dealkylation sites (tertiary alicyclic amines) is 2. The molecule has 0 aliphatic carbocycles. The number of piperidine rings is 1. The van der Waals surface area contributed by atoms with Gasteiger partial charge >= 0.3 is 0 Å². The van der Waals surface area contributed by atoms with Crippen molar-refractivity contribution in [3.05, 3.63) is 11.6 Å². The zero-order valence-corrected chi connectivity index (χ0v) is 33.0. The number of hydrogen-bond donors (Lipinski definition) is 2. The molecule has 2 fully saturated rings. The highest BCUT2D eigenvalue weighted by atomic mass is 16.2. The maximum absolute atomic E-state index is 14.2. The van der Waals surface area contributed by atoms with E-state index in [0.29, 0.717) is 25.1 Å². The average Bonchev–Trinajstić information content (AvgIpc) is 3.55. The van der Waals surface area contributed by atoms with Crippen LogP contribution in [0.25, 0.3) is 0 Å². The smallest absolute Gasteiger partial charge is 0.249 e. The molecule has 0 aromatic rings. The van der Waals surface area contributed by atoms with Gasteiger partial charge in [-0.2, -0.15) is 0 Å². The minimum absolute atomic E-state index is 0.0248. The highest BCUT2D eigenvalue weighted by molar-refractivity contribution is 5.97. The van der Waals surface area contributed by atoms with Crippen LogP contribution in [0.1, 0.15) is 152 Å². The third kappa shape index (κ3) is 13.3. The van der Waals surface area contributed by atoms with Crippen molar-refractivity contribution in [3.63, 3.8) is 0 Å². The van der Waals surface area contributed by atoms with Gasteiger partial charge in [0.15, 0.2) is 0 Å². The first-order valence-corrected chi connectivity index (χ1v) is 19.7. The molecule has 0 radical (unpaired) electrons. The van der Waals surface area contributed by atoms with E-state index in [9.17, 15) is 19.2 Å². The van der Waals surface area contributed by atoms with Gasteiger partial charge in [0.1, 0.15) is 12.1 Å². The van der Waals surface area contributed by atoms with Crippen molar-refractivity contribution in [3.8, 4) is 0 Å². The predicted octanol–water partition coefficient (Wildman–Crippen LogP) is 6.85. The molecule has 9 nitrogen and oxygen atoms in total. The van der Waals surface area contributed by atoms with E-state index in [1.165, 1.54) is 44.9 Å². The van der Waals surface area contributed by atoms with Crippen LogP contribution in [-0.4, -0.2) is 95.2 Å². The van der Waals surface area contributed by atoms with Crippen LogP contribution >= 0.6 is 0 Å². The molecule has 49 heavy (non-hydrogen) atoms. The van der Waals surface area contributed by atoms with Gasteiger partial charge in [-0.05, 0) is 70.8 Å². The Balaban J connectivity index is 2.04. The fraction of sp³-hybridized carbons (Fsp3) is 0.850. The lowest BCUT2D eigenvalue weighted by molar-refractivity contribution is -0.142. The molecule has 2 saturated heterocycles. The number of rotatable bonds is 19. The minimum Gasteiger partial charge on any atom is -0.354 e. The summed E-state index contributed by atoms with van der Waals surface area (Å²) in [6, 6.07) is -1.53. The number of nitrogens with one attached hydrogen (secondary N) is 2. The van der Waals surface area contributed by atoms with E-state index in [1.54, 1.807) is 23.8 Å². The van der Waals surface area contributed by atoms with Crippen molar-refractivity contribution in [1.29, 1.82) is 0 Å². The van der Waals surface area contributed by atoms with Gasteiger partial charge in [0.25, 0.3) is 0 Å². The summed E-state index contributed by atoms with van der Waals surface area (Å²) in [6.45, 7) is 20.4. The highest BCUT2D eigenvalue weighted by Crippen LogP contribution is 2.27. The van der Waals surface area contributed by atoms with Gasteiger partial charge in [-0.1, -0.05) is 105 Å². The van der Waals surface area contributed by atoms with Crippen molar-refractivity contribution < 1.29 is 19.2 Å². The second kappa shape index (κ2) is 21.1. The summed E-state index contributed by atoms with van der Waals surface area (Å²) in [5, 5.41) is 6.24. The number of carbonyl (C=O) groups is 4. The van der Waals surface area contributed by atoms with Crippen molar-refractivity contribution in [2.75, 3.05) is 26.7 Å². The quantitative estimate of drug-likeness (QED) is 0.114. The Morgan fingerprint density at radius 1 is 0.816 bits per heavy atom. The molecule has 0 aromatic heterocycles. The third-order valence-corrected chi connectivity index (χ3v) is 10.5. The van der Waals surface area contributed by atoms with E-state index in [2.05, 4.69) is 36.3 Å². The molecule has 9 heteroatoms. The fourth-order valence-corrected chi connectivity index (χ4v) is 7.44. The third-order valence-electron chi connectivity index (χ3n) is 10.5. The summed E-state index contributed by atoms with van der Waals surface area (Å²) in [7, 11) is 1.77. The summed E-state index contributed by atoms with van der Waals surface area (Å²) in [4.78, 5) is 60.4. The molecule has 0 aromatic carbocycles. The minimum atomic E-state index is -0.718. The molecule has 2 heterocycles. The molecular weight excluding hydrogens is 614 g/mol.